The molecule has 1 fully saturated rings. The number of sulfone groups is 1. The molecule has 1 heterocycles. The summed E-state index contributed by atoms with van der Waals surface area (Å²) in [6.45, 7) is 1.72. The third-order valence-corrected chi connectivity index (χ3v) is 8.21. The number of benzene rings is 1. The molecule has 146 valence electrons. The first-order valence-corrected chi connectivity index (χ1v) is 11.8. The van der Waals surface area contributed by atoms with Gasteiger partial charge in [-0.15, -0.1) is 0 Å². The molecule has 27 heavy (non-hydrogen) atoms. The van der Waals surface area contributed by atoms with Gasteiger partial charge in [0, 0.05) is 29.2 Å². The van der Waals surface area contributed by atoms with Gasteiger partial charge in [0.15, 0.2) is 15.6 Å². The highest BCUT2D eigenvalue weighted by Gasteiger charge is 2.39. The first-order valence-electron chi connectivity index (χ1n) is 8.88. The summed E-state index contributed by atoms with van der Waals surface area (Å²) < 4.78 is 24.9. The molecule has 2 unspecified atom stereocenters. The molecular weight excluding hydrogens is 386 g/mol. The van der Waals surface area contributed by atoms with Crippen molar-refractivity contribution in [2.24, 2.45) is 11.1 Å². The van der Waals surface area contributed by atoms with Crippen molar-refractivity contribution in [1.82, 2.24) is 0 Å². The third kappa shape index (κ3) is 3.57. The highest BCUT2D eigenvalue weighted by atomic mass is 32.2. The van der Waals surface area contributed by atoms with E-state index in [9.17, 15) is 18.0 Å². The van der Waals surface area contributed by atoms with Crippen LogP contribution >= 0.6 is 11.8 Å². The average molecular weight is 410 g/mol. The van der Waals surface area contributed by atoms with Crippen molar-refractivity contribution >= 4 is 38.9 Å². The van der Waals surface area contributed by atoms with E-state index in [1.807, 2.05) is 6.26 Å². The summed E-state index contributed by atoms with van der Waals surface area (Å²) >= 11 is 1.54. The van der Waals surface area contributed by atoms with Gasteiger partial charge < -0.3 is 4.84 Å². The predicted molar refractivity (Wildman–Crippen MR) is 105 cm³/mol. The lowest BCUT2D eigenvalue weighted by Crippen LogP contribution is -2.37. The van der Waals surface area contributed by atoms with Gasteiger partial charge in [-0.2, -0.15) is 11.8 Å². The molecule has 1 saturated carbocycles. The summed E-state index contributed by atoms with van der Waals surface area (Å²) in [6.07, 6.45) is 4.21. The number of thioether (sulfide) groups is 1. The molecule has 1 aliphatic carbocycles. The second-order valence-corrected chi connectivity index (χ2v) is 10.0. The zero-order chi connectivity index (χ0) is 19.8. The fourth-order valence-electron chi connectivity index (χ4n) is 3.98. The molecular formula is C19H23NO5S2. The number of carbonyl (C=O) groups is 2. The van der Waals surface area contributed by atoms with E-state index in [4.69, 9.17) is 4.84 Å². The second kappa shape index (κ2) is 7.75. The molecule has 0 radical (unpaired) electrons. The van der Waals surface area contributed by atoms with E-state index in [1.54, 1.807) is 24.8 Å². The number of hydrogen-bond donors (Lipinski definition) is 0. The van der Waals surface area contributed by atoms with Crippen molar-refractivity contribution in [3.63, 3.8) is 0 Å². The predicted octanol–water partition coefficient (Wildman–Crippen LogP) is 2.81. The molecule has 0 N–H and O–H groups in total. The number of Topliss-reactive ketones (excluding diaryl/α,β-unsaturated/α-hetero) is 2. The molecule has 0 amide bonds. The van der Waals surface area contributed by atoms with Crippen molar-refractivity contribution in [2.45, 2.75) is 42.8 Å². The normalized spacial score (nSPS) is 25.9. The van der Waals surface area contributed by atoms with Crippen LogP contribution in [-0.2, 0) is 19.5 Å². The Morgan fingerprint density at radius 1 is 1.30 bits per heavy atom. The number of fused-ring (bicyclic) bond motifs is 1. The summed E-state index contributed by atoms with van der Waals surface area (Å²) in [5.74, 6) is -0.960. The Hall–Kier alpha value is -1.67. The Morgan fingerprint density at radius 2 is 2.04 bits per heavy atom. The molecule has 1 aromatic carbocycles. The number of oxime groups is 1. The molecule has 0 saturated heterocycles. The van der Waals surface area contributed by atoms with Crippen LogP contribution in [0.5, 0.6) is 0 Å². The van der Waals surface area contributed by atoms with Crippen molar-refractivity contribution in [3.05, 3.63) is 28.8 Å². The number of ketones is 2. The summed E-state index contributed by atoms with van der Waals surface area (Å²) in [6, 6.07) is 3.01. The lowest BCUT2D eigenvalue weighted by molar-refractivity contribution is -0.122. The van der Waals surface area contributed by atoms with Crippen molar-refractivity contribution in [1.29, 1.82) is 0 Å². The molecule has 1 aromatic rings. The van der Waals surface area contributed by atoms with Gasteiger partial charge in [0.25, 0.3) is 0 Å². The Labute approximate surface area is 163 Å². The van der Waals surface area contributed by atoms with Crippen LogP contribution in [-0.4, -0.2) is 50.1 Å². The minimum absolute atomic E-state index is 0.0267. The number of nitrogens with zero attached hydrogens (tertiary/aromatic N) is 1. The SMILES string of the molecule is CON=C1CCS(=O)(=O)c2ccc(C(=O)C3C(=O)CCCC3SC)c(C)c21. The molecule has 1 aliphatic heterocycles. The lowest BCUT2D eigenvalue weighted by Gasteiger charge is -2.29. The van der Waals surface area contributed by atoms with Crippen LogP contribution in [0, 0.1) is 12.8 Å². The Balaban J connectivity index is 2.13. The van der Waals surface area contributed by atoms with Gasteiger partial charge in [-0.25, -0.2) is 8.42 Å². The molecule has 0 bridgehead atoms. The van der Waals surface area contributed by atoms with Crippen LogP contribution in [0.2, 0.25) is 0 Å². The van der Waals surface area contributed by atoms with Gasteiger partial charge >= 0.3 is 0 Å². The first kappa shape index (κ1) is 20.1. The molecule has 2 atom stereocenters. The first-order chi connectivity index (χ1) is 12.8. The monoisotopic (exact) mass is 409 g/mol. The van der Waals surface area contributed by atoms with Crippen LogP contribution in [0.15, 0.2) is 22.2 Å². The number of carbonyl (C=O) groups excluding carboxylic acids is 2. The van der Waals surface area contributed by atoms with E-state index < -0.39 is 15.8 Å². The van der Waals surface area contributed by atoms with Crippen molar-refractivity contribution < 1.29 is 22.8 Å². The zero-order valence-electron chi connectivity index (χ0n) is 15.6. The lowest BCUT2D eigenvalue weighted by atomic mass is 9.80. The Bertz CT molecular complexity index is 920. The second-order valence-electron chi connectivity index (χ2n) is 6.88. The van der Waals surface area contributed by atoms with Crippen molar-refractivity contribution in [3.8, 4) is 0 Å². The maximum atomic E-state index is 13.3. The number of rotatable bonds is 4. The zero-order valence-corrected chi connectivity index (χ0v) is 17.3. The summed E-state index contributed by atoms with van der Waals surface area (Å²) in [5.41, 5.74) is 1.91. The van der Waals surface area contributed by atoms with E-state index in [2.05, 4.69) is 5.16 Å². The molecule has 0 spiro atoms. The maximum absolute atomic E-state index is 13.3. The van der Waals surface area contributed by atoms with E-state index in [-0.39, 0.29) is 33.9 Å². The van der Waals surface area contributed by atoms with Gasteiger partial charge in [0.2, 0.25) is 0 Å². The average Bonchev–Trinajstić information content (AvgIpc) is 2.63. The van der Waals surface area contributed by atoms with Gasteiger partial charge in [-0.1, -0.05) is 5.16 Å². The molecule has 8 heteroatoms. The quantitative estimate of drug-likeness (QED) is 0.432. The van der Waals surface area contributed by atoms with E-state index in [0.717, 1.165) is 12.8 Å². The minimum Gasteiger partial charge on any atom is -0.399 e. The molecule has 2 aliphatic rings. The van der Waals surface area contributed by atoms with Crippen LogP contribution in [0.3, 0.4) is 0 Å². The van der Waals surface area contributed by atoms with Crippen LogP contribution in [0.25, 0.3) is 0 Å². The standard InChI is InChI=1S/C19H23NO5S2/c1-11-12(19(22)18-14(21)5-4-6-15(18)26-3)7-8-16-17(11)13(20-25-2)9-10-27(16,23)24/h7-8,15,18H,4-6,9-10H2,1-3H3. The van der Waals surface area contributed by atoms with Gasteiger partial charge in [-0.3, -0.25) is 9.59 Å². The van der Waals surface area contributed by atoms with E-state index in [0.29, 0.717) is 28.8 Å². The summed E-state index contributed by atoms with van der Waals surface area (Å²) in [7, 11) is -2.02. The smallest absolute Gasteiger partial charge is 0.179 e. The van der Waals surface area contributed by atoms with Gasteiger partial charge in [0.05, 0.1) is 22.3 Å². The van der Waals surface area contributed by atoms with Gasteiger partial charge in [-0.05, 0) is 43.7 Å². The molecule has 3 rings (SSSR count). The van der Waals surface area contributed by atoms with Crippen LogP contribution < -0.4 is 0 Å². The van der Waals surface area contributed by atoms with Crippen molar-refractivity contribution in [2.75, 3.05) is 19.1 Å². The number of hydrogen-bond acceptors (Lipinski definition) is 7. The minimum atomic E-state index is -3.43. The largest absolute Gasteiger partial charge is 0.399 e. The van der Waals surface area contributed by atoms with Crippen LogP contribution in [0.1, 0.15) is 47.2 Å². The molecule has 0 aromatic heterocycles. The summed E-state index contributed by atoms with van der Waals surface area (Å²) in [4.78, 5) is 30.8. The fourth-order valence-corrected chi connectivity index (χ4v) is 6.47. The summed E-state index contributed by atoms with van der Waals surface area (Å²) in [5, 5.41) is 3.94. The van der Waals surface area contributed by atoms with Crippen LogP contribution in [0.4, 0.5) is 0 Å². The van der Waals surface area contributed by atoms with E-state index >= 15 is 0 Å². The Morgan fingerprint density at radius 3 is 2.70 bits per heavy atom. The topological polar surface area (TPSA) is 89.9 Å². The molecule has 6 nitrogen and oxygen atoms in total. The van der Waals surface area contributed by atoms with Gasteiger partial charge in [0.1, 0.15) is 12.9 Å². The Kier molecular flexibility index (Phi) is 5.76. The maximum Gasteiger partial charge on any atom is 0.179 e. The fraction of sp³-hybridized carbons (Fsp3) is 0.526. The highest BCUT2D eigenvalue weighted by molar-refractivity contribution is 7.99. The highest BCUT2D eigenvalue weighted by Crippen LogP contribution is 2.35. The third-order valence-electron chi connectivity index (χ3n) is 5.34. The van der Waals surface area contributed by atoms with E-state index in [1.165, 1.54) is 13.2 Å².